The first-order chi connectivity index (χ1) is 13.0. The maximum Gasteiger partial charge on any atom is 0.302 e. The van der Waals surface area contributed by atoms with Crippen LogP contribution in [0.5, 0.6) is 0 Å². The highest BCUT2D eigenvalue weighted by molar-refractivity contribution is 6.08. The van der Waals surface area contributed by atoms with Gasteiger partial charge in [0.1, 0.15) is 18.0 Å². The molecule has 0 aromatic rings. The Balaban J connectivity index is 1.74. The van der Waals surface area contributed by atoms with Gasteiger partial charge in [0.25, 0.3) is 0 Å². The molecule has 0 aromatic heterocycles. The fourth-order valence-electron chi connectivity index (χ4n) is 6.39. The van der Waals surface area contributed by atoms with Crippen LogP contribution in [0.1, 0.15) is 59.8 Å². The second-order valence-corrected chi connectivity index (χ2v) is 9.93. The van der Waals surface area contributed by atoms with E-state index in [1.807, 2.05) is 20.8 Å². The van der Waals surface area contributed by atoms with Crippen LogP contribution in [0.3, 0.4) is 0 Å². The minimum absolute atomic E-state index is 0.152. The molecule has 1 saturated heterocycles. The number of hydrogen-bond donors (Lipinski definition) is 1. The molecule has 4 rings (SSSR count). The van der Waals surface area contributed by atoms with Crippen LogP contribution in [-0.4, -0.2) is 46.6 Å². The highest BCUT2D eigenvalue weighted by atomic mass is 16.6. The van der Waals surface area contributed by atoms with E-state index >= 15 is 0 Å². The fraction of sp³-hybridized carbons (Fsp3) is 0.773. The minimum atomic E-state index is -1.19. The molecule has 0 unspecified atom stereocenters. The van der Waals surface area contributed by atoms with Crippen molar-refractivity contribution >= 4 is 17.5 Å². The number of hydrogen-bond acceptors (Lipinski definition) is 6. The molecule has 6 heteroatoms. The predicted molar refractivity (Wildman–Crippen MR) is 100 cm³/mol. The molecule has 7 atom stereocenters. The SMILES string of the molecule is C=C1C(=O)[C@]23O[C@H]2[C@H]1CCC(=O)[C@]1(C)CC[C@H](OC(C)=O)C(C)(C)[C@H]1C[C@H]3O. The second kappa shape index (κ2) is 5.99. The third-order valence-corrected chi connectivity index (χ3v) is 8.15. The second-order valence-electron chi connectivity index (χ2n) is 9.93. The zero-order chi connectivity index (χ0) is 20.6. The maximum atomic E-state index is 13.3. The van der Waals surface area contributed by atoms with Crippen LogP contribution in [-0.2, 0) is 23.9 Å². The van der Waals surface area contributed by atoms with Crippen molar-refractivity contribution in [3.63, 3.8) is 0 Å². The maximum absolute atomic E-state index is 13.3. The number of fused-ring (bicyclic) bond motifs is 1. The first-order valence-electron chi connectivity index (χ1n) is 10.3. The number of carbonyl (C=O) groups excluding carboxylic acids is 3. The number of esters is 1. The van der Waals surface area contributed by atoms with E-state index in [1.165, 1.54) is 6.92 Å². The van der Waals surface area contributed by atoms with Gasteiger partial charge in [-0.1, -0.05) is 27.4 Å². The van der Waals surface area contributed by atoms with Gasteiger partial charge in [-0.25, -0.2) is 0 Å². The standard InChI is InChI=1S/C22H30O6/c1-11-13-6-7-15(24)21(5)9-8-17(27-12(2)23)20(3,4)14(21)10-16(25)22(18(11)26)19(13)28-22/h13-14,16-17,19,25H,1,6-10H2,2-5H3/t13-,14+,16+,17-,19-,21+,22-/m0/s1. The molecule has 0 aromatic carbocycles. The highest BCUT2D eigenvalue weighted by Gasteiger charge is 2.75. The summed E-state index contributed by atoms with van der Waals surface area (Å²) in [6.07, 6.45) is 0.662. The number of aliphatic hydroxyl groups excluding tert-OH is 1. The molecule has 6 nitrogen and oxygen atoms in total. The van der Waals surface area contributed by atoms with Gasteiger partial charge in [0.15, 0.2) is 11.4 Å². The van der Waals surface area contributed by atoms with E-state index in [0.717, 1.165) is 0 Å². The number of ether oxygens (including phenoxy) is 2. The lowest BCUT2D eigenvalue weighted by molar-refractivity contribution is -0.174. The van der Waals surface area contributed by atoms with Crippen molar-refractivity contribution < 1.29 is 29.0 Å². The van der Waals surface area contributed by atoms with E-state index in [4.69, 9.17) is 9.47 Å². The van der Waals surface area contributed by atoms with Crippen molar-refractivity contribution in [3.05, 3.63) is 12.2 Å². The van der Waals surface area contributed by atoms with Gasteiger partial charge in [0.2, 0.25) is 0 Å². The van der Waals surface area contributed by atoms with Gasteiger partial charge in [0, 0.05) is 30.1 Å². The molecule has 4 fully saturated rings. The van der Waals surface area contributed by atoms with Crippen LogP contribution in [0.4, 0.5) is 0 Å². The molecule has 28 heavy (non-hydrogen) atoms. The van der Waals surface area contributed by atoms with E-state index in [2.05, 4.69) is 6.58 Å². The number of Topliss-reactive ketones (excluding diaryl/α,β-unsaturated/α-hetero) is 2. The smallest absolute Gasteiger partial charge is 0.302 e. The summed E-state index contributed by atoms with van der Waals surface area (Å²) in [7, 11) is 0. The van der Waals surface area contributed by atoms with E-state index in [1.54, 1.807) is 0 Å². The molecule has 1 N–H and O–H groups in total. The zero-order valence-corrected chi connectivity index (χ0v) is 17.1. The largest absolute Gasteiger partial charge is 0.462 e. The van der Waals surface area contributed by atoms with Crippen molar-refractivity contribution in [2.75, 3.05) is 0 Å². The summed E-state index contributed by atoms with van der Waals surface area (Å²) in [6, 6.07) is 0. The summed E-state index contributed by atoms with van der Waals surface area (Å²) >= 11 is 0. The summed E-state index contributed by atoms with van der Waals surface area (Å²) in [6.45, 7) is 11.3. The van der Waals surface area contributed by atoms with E-state index in [-0.39, 0.29) is 48.0 Å². The highest BCUT2D eigenvalue weighted by Crippen LogP contribution is 2.61. The third kappa shape index (κ3) is 2.43. The number of rotatable bonds is 1. The van der Waals surface area contributed by atoms with Crippen LogP contribution in [0, 0.1) is 22.7 Å². The van der Waals surface area contributed by atoms with Gasteiger partial charge >= 0.3 is 5.97 Å². The minimum Gasteiger partial charge on any atom is -0.462 e. The van der Waals surface area contributed by atoms with Gasteiger partial charge in [0.05, 0.1) is 6.10 Å². The molecule has 1 aliphatic heterocycles. The Bertz CT molecular complexity index is 769. The van der Waals surface area contributed by atoms with Gasteiger partial charge in [-0.2, -0.15) is 0 Å². The van der Waals surface area contributed by atoms with Crippen molar-refractivity contribution in [3.8, 4) is 0 Å². The van der Waals surface area contributed by atoms with Gasteiger partial charge in [-0.15, -0.1) is 0 Å². The van der Waals surface area contributed by atoms with Crippen LogP contribution in [0.25, 0.3) is 0 Å². The molecular weight excluding hydrogens is 360 g/mol. The van der Waals surface area contributed by atoms with Crippen molar-refractivity contribution in [1.29, 1.82) is 0 Å². The average molecular weight is 390 g/mol. The van der Waals surface area contributed by atoms with E-state index in [0.29, 0.717) is 31.3 Å². The first kappa shape index (κ1) is 19.8. The summed E-state index contributed by atoms with van der Waals surface area (Å²) in [5.74, 6) is -0.826. The lowest BCUT2D eigenvalue weighted by Gasteiger charge is -2.54. The number of ketones is 2. The molecule has 0 amide bonds. The van der Waals surface area contributed by atoms with Crippen molar-refractivity contribution in [2.24, 2.45) is 22.7 Å². The Labute approximate surface area is 165 Å². The molecule has 154 valence electrons. The molecule has 3 aliphatic carbocycles. The fourth-order valence-corrected chi connectivity index (χ4v) is 6.39. The third-order valence-electron chi connectivity index (χ3n) is 8.15. The van der Waals surface area contributed by atoms with Crippen LogP contribution >= 0.6 is 0 Å². The van der Waals surface area contributed by atoms with Gasteiger partial charge < -0.3 is 14.6 Å². The quantitative estimate of drug-likeness (QED) is 0.420. The van der Waals surface area contributed by atoms with Crippen molar-refractivity contribution in [1.82, 2.24) is 0 Å². The van der Waals surface area contributed by atoms with Gasteiger partial charge in [-0.3, -0.25) is 14.4 Å². The summed E-state index contributed by atoms with van der Waals surface area (Å²) in [4.78, 5) is 37.8. The first-order valence-corrected chi connectivity index (χ1v) is 10.3. The number of carbonyl (C=O) groups is 3. The van der Waals surface area contributed by atoms with Crippen LogP contribution in [0.15, 0.2) is 12.2 Å². The zero-order valence-electron chi connectivity index (χ0n) is 17.1. The number of aliphatic hydroxyl groups is 1. The summed E-state index contributed by atoms with van der Waals surface area (Å²) < 4.78 is 11.4. The summed E-state index contributed by atoms with van der Waals surface area (Å²) in [5, 5.41) is 11.1. The Kier molecular flexibility index (Phi) is 4.23. The lowest BCUT2D eigenvalue weighted by Crippen LogP contribution is -2.56. The lowest BCUT2D eigenvalue weighted by atomic mass is 9.51. The van der Waals surface area contributed by atoms with E-state index in [9.17, 15) is 19.5 Å². The molecule has 3 saturated carbocycles. The van der Waals surface area contributed by atoms with Crippen LogP contribution < -0.4 is 0 Å². The summed E-state index contributed by atoms with van der Waals surface area (Å²) in [5.41, 5.74) is -1.86. The van der Waals surface area contributed by atoms with Crippen molar-refractivity contribution in [2.45, 2.75) is 83.7 Å². The average Bonchev–Trinajstić information content (AvgIpc) is 3.31. The monoisotopic (exact) mass is 390 g/mol. The van der Waals surface area contributed by atoms with Gasteiger partial charge in [-0.05, 0) is 37.2 Å². The van der Waals surface area contributed by atoms with Crippen LogP contribution in [0.2, 0.25) is 0 Å². The van der Waals surface area contributed by atoms with E-state index < -0.39 is 22.5 Å². The Morgan fingerprint density at radius 3 is 2.57 bits per heavy atom. The molecule has 0 radical (unpaired) electrons. The Morgan fingerprint density at radius 2 is 1.93 bits per heavy atom. The Hall–Kier alpha value is -1.53. The normalized spacial score (nSPS) is 47.2. The molecular formula is C22H30O6. The molecule has 1 heterocycles. The Morgan fingerprint density at radius 1 is 1.25 bits per heavy atom. The molecule has 2 bridgehead atoms. The molecule has 4 aliphatic rings. The number of epoxide rings is 1. The topological polar surface area (TPSA) is 93.2 Å². The predicted octanol–water partition coefficient (Wildman–Crippen LogP) is 2.37. The molecule has 0 spiro atoms.